The van der Waals surface area contributed by atoms with Gasteiger partial charge in [-0.2, -0.15) is 4.72 Å². The summed E-state index contributed by atoms with van der Waals surface area (Å²) in [4.78, 5) is 14.9. The van der Waals surface area contributed by atoms with E-state index in [0.29, 0.717) is 37.7 Å². The van der Waals surface area contributed by atoms with Crippen molar-refractivity contribution in [1.82, 2.24) is 9.62 Å². The van der Waals surface area contributed by atoms with Crippen molar-refractivity contribution < 1.29 is 22.7 Å². The lowest BCUT2D eigenvalue weighted by Crippen LogP contribution is -2.53. The lowest BCUT2D eigenvalue weighted by Gasteiger charge is -2.40. The largest absolute Gasteiger partial charge is 0.497 e. The van der Waals surface area contributed by atoms with Crippen LogP contribution in [0.15, 0.2) is 23.1 Å². The zero-order chi connectivity index (χ0) is 19.7. The van der Waals surface area contributed by atoms with Crippen LogP contribution in [0.25, 0.3) is 0 Å². The van der Waals surface area contributed by atoms with Gasteiger partial charge < -0.3 is 19.7 Å². The number of amides is 1. The normalized spacial score (nSPS) is 25.6. The van der Waals surface area contributed by atoms with Gasteiger partial charge in [0.2, 0.25) is 15.9 Å². The predicted octanol–water partition coefficient (Wildman–Crippen LogP) is 1.39. The smallest absolute Gasteiger partial charge is 0.244 e. The van der Waals surface area contributed by atoms with Crippen molar-refractivity contribution >= 4 is 21.6 Å². The summed E-state index contributed by atoms with van der Waals surface area (Å²) < 4.78 is 38.6. The minimum Gasteiger partial charge on any atom is -0.497 e. The van der Waals surface area contributed by atoms with Crippen molar-refractivity contribution in [3.63, 3.8) is 0 Å². The Balaban J connectivity index is 1.41. The number of hydrogen-bond acceptors (Lipinski definition) is 6. The molecule has 0 aliphatic carbocycles. The maximum Gasteiger partial charge on any atom is 0.244 e. The SMILES string of the molecule is COc1ccc2c(c1)N[C@H](C1CCN(C(=O)C3CCOCC3)CC1)NS2(=O)=O. The van der Waals surface area contributed by atoms with Crippen molar-refractivity contribution in [2.24, 2.45) is 11.8 Å². The van der Waals surface area contributed by atoms with Crippen molar-refractivity contribution in [3.05, 3.63) is 18.2 Å². The summed E-state index contributed by atoms with van der Waals surface area (Å²) in [5, 5.41) is 3.31. The van der Waals surface area contributed by atoms with E-state index in [1.165, 1.54) is 0 Å². The van der Waals surface area contributed by atoms with Gasteiger partial charge in [-0.15, -0.1) is 0 Å². The third kappa shape index (κ3) is 3.83. The van der Waals surface area contributed by atoms with Crippen LogP contribution in [0.2, 0.25) is 0 Å². The Morgan fingerprint density at radius 1 is 1.18 bits per heavy atom. The second-order valence-corrected chi connectivity index (χ2v) is 9.34. The third-order valence-corrected chi connectivity index (χ3v) is 7.46. The highest BCUT2D eigenvalue weighted by atomic mass is 32.2. The summed E-state index contributed by atoms with van der Waals surface area (Å²) in [6.45, 7) is 2.63. The van der Waals surface area contributed by atoms with Crippen LogP contribution in [0.5, 0.6) is 5.75 Å². The second kappa shape index (κ2) is 7.88. The van der Waals surface area contributed by atoms with Crippen molar-refractivity contribution in [2.75, 3.05) is 38.7 Å². The Labute approximate surface area is 165 Å². The van der Waals surface area contributed by atoms with Crippen LogP contribution in [0, 0.1) is 11.8 Å². The van der Waals surface area contributed by atoms with Gasteiger partial charge in [-0.1, -0.05) is 0 Å². The number of sulfonamides is 1. The van der Waals surface area contributed by atoms with E-state index < -0.39 is 10.0 Å². The molecule has 1 atom stereocenters. The van der Waals surface area contributed by atoms with E-state index in [0.717, 1.165) is 25.7 Å². The van der Waals surface area contributed by atoms with Crippen molar-refractivity contribution in [1.29, 1.82) is 0 Å². The van der Waals surface area contributed by atoms with E-state index in [-0.39, 0.29) is 28.8 Å². The molecule has 0 radical (unpaired) electrons. The fourth-order valence-corrected chi connectivity index (χ4v) is 5.65. The molecule has 0 spiro atoms. The molecule has 2 saturated heterocycles. The Bertz CT molecular complexity index is 830. The Morgan fingerprint density at radius 3 is 2.57 bits per heavy atom. The van der Waals surface area contributed by atoms with Gasteiger partial charge >= 0.3 is 0 Å². The number of nitrogens with one attached hydrogen (secondary N) is 2. The maximum atomic E-state index is 12.7. The van der Waals surface area contributed by atoms with Gasteiger partial charge in [0.05, 0.1) is 19.0 Å². The van der Waals surface area contributed by atoms with Crippen LogP contribution in [-0.4, -0.2) is 58.8 Å². The van der Waals surface area contributed by atoms with E-state index in [4.69, 9.17) is 9.47 Å². The molecule has 0 bridgehead atoms. The molecule has 2 N–H and O–H groups in total. The number of piperidine rings is 1. The van der Waals surface area contributed by atoms with Gasteiger partial charge in [-0.05, 0) is 43.7 Å². The molecule has 0 aromatic heterocycles. The number of rotatable bonds is 3. The molecule has 3 aliphatic heterocycles. The first-order chi connectivity index (χ1) is 13.5. The number of carbonyl (C=O) groups excluding carboxylic acids is 1. The summed E-state index contributed by atoms with van der Waals surface area (Å²) in [6, 6.07) is 4.90. The van der Waals surface area contributed by atoms with Gasteiger partial charge in [0, 0.05) is 38.3 Å². The highest BCUT2D eigenvalue weighted by Crippen LogP contribution is 2.33. The standard InChI is InChI=1S/C19H27N3O5S/c1-26-15-2-3-17-16(12-15)20-18(21-28(17,24)25)13-4-8-22(9-5-13)19(23)14-6-10-27-11-7-14/h2-3,12-14,18,20-21H,4-11H2,1H3/t18-/m0/s1. The zero-order valence-electron chi connectivity index (χ0n) is 16.0. The lowest BCUT2D eigenvalue weighted by atomic mass is 9.91. The number of methoxy groups -OCH3 is 1. The predicted molar refractivity (Wildman–Crippen MR) is 104 cm³/mol. The number of ether oxygens (including phenoxy) is 2. The minimum absolute atomic E-state index is 0.0657. The Kier molecular flexibility index (Phi) is 5.48. The molecule has 1 amide bonds. The molecule has 3 heterocycles. The van der Waals surface area contributed by atoms with Gasteiger partial charge in [-0.25, -0.2) is 8.42 Å². The molecule has 0 unspecified atom stereocenters. The van der Waals surface area contributed by atoms with Crippen molar-refractivity contribution in [2.45, 2.75) is 36.7 Å². The van der Waals surface area contributed by atoms with E-state index in [1.807, 2.05) is 4.90 Å². The topological polar surface area (TPSA) is 97.0 Å². The fraction of sp³-hybridized carbons (Fsp3) is 0.632. The van der Waals surface area contributed by atoms with Crippen LogP contribution in [0.1, 0.15) is 25.7 Å². The van der Waals surface area contributed by atoms with Gasteiger partial charge in [0.25, 0.3) is 0 Å². The monoisotopic (exact) mass is 409 g/mol. The maximum absolute atomic E-state index is 12.7. The number of carbonyl (C=O) groups is 1. The minimum atomic E-state index is -3.58. The fourth-order valence-electron chi connectivity index (χ4n) is 4.28. The van der Waals surface area contributed by atoms with Gasteiger partial charge in [0.15, 0.2) is 0 Å². The Hall–Kier alpha value is -1.84. The quantitative estimate of drug-likeness (QED) is 0.783. The van der Waals surface area contributed by atoms with Crippen LogP contribution >= 0.6 is 0 Å². The van der Waals surface area contributed by atoms with Crippen molar-refractivity contribution in [3.8, 4) is 5.75 Å². The molecule has 3 aliphatic rings. The number of nitrogens with zero attached hydrogens (tertiary/aromatic N) is 1. The number of hydrogen-bond donors (Lipinski definition) is 2. The number of anilines is 1. The van der Waals surface area contributed by atoms with E-state index in [9.17, 15) is 13.2 Å². The van der Waals surface area contributed by atoms with Gasteiger partial charge in [0.1, 0.15) is 10.6 Å². The van der Waals surface area contributed by atoms with E-state index in [1.54, 1.807) is 25.3 Å². The molecule has 9 heteroatoms. The summed E-state index contributed by atoms with van der Waals surface area (Å²) in [7, 11) is -2.02. The lowest BCUT2D eigenvalue weighted by molar-refractivity contribution is -0.140. The molecule has 1 aromatic rings. The summed E-state index contributed by atoms with van der Waals surface area (Å²) in [6.07, 6.45) is 2.72. The summed E-state index contributed by atoms with van der Waals surface area (Å²) >= 11 is 0. The van der Waals surface area contributed by atoms with Crippen LogP contribution in [0.3, 0.4) is 0 Å². The Morgan fingerprint density at radius 2 is 1.89 bits per heavy atom. The molecule has 4 rings (SSSR count). The molecule has 0 saturated carbocycles. The summed E-state index contributed by atoms with van der Waals surface area (Å²) in [5.41, 5.74) is 0.559. The number of benzene rings is 1. The first-order valence-corrected chi connectivity index (χ1v) is 11.3. The highest BCUT2D eigenvalue weighted by Gasteiger charge is 2.37. The third-order valence-electron chi connectivity index (χ3n) is 5.96. The average Bonchev–Trinajstić information content (AvgIpc) is 2.73. The molecule has 28 heavy (non-hydrogen) atoms. The van der Waals surface area contributed by atoms with Gasteiger partial charge in [-0.3, -0.25) is 4.79 Å². The molecule has 1 aromatic carbocycles. The number of fused-ring (bicyclic) bond motifs is 1. The summed E-state index contributed by atoms with van der Waals surface area (Å²) in [5.74, 6) is 1.01. The first kappa shape index (κ1) is 19.5. The second-order valence-electron chi connectivity index (χ2n) is 7.65. The molecular weight excluding hydrogens is 382 g/mol. The molecule has 8 nitrogen and oxygen atoms in total. The van der Waals surface area contributed by atoms with Crippen LogP contribution in [0.4, 0.5) is 5.69 Å². The van der Waals surface area contributed by atoms with Crippen LogP contribution < -0.4 is 14.8 Å². The molecular formula is C19H27N3O5S. The van der Waals surface area contributed by atoms with Crippen LogP contribution in [-0.2, 0) is 19.6 Å². The first-order valence-electron chi connectivity index (χ1n) is 9.81. The number of likely N-dealkylation sites (tertiary alicyclic amines) is 1. The van der Waals surface area contributed by atoms with E-state index in [2.05, 4.69) is 10.0 Å². The van der Waals surface area contributed by atoms with E-state index >= 15 is 0 Å². The molecule has 154 valence electrons. The average molecular weight is 410 g/mol. The molecule has 2 fully saturated rings. The highest BCUT2D eigenvalue weighted by molar-refractivity contribution is 7.89. The zero-order valence-corrected chi connectivity index (χ0v) is 16.8.